The molecule has 0 aliphatic carbocycles. The molecule has 1 amide bonds. The van der Waals surface area contributed by atoms with Gasteiger partial charge < -0.3 is 10.2 Å². The molecule has 1 N–H and O–H groups in total. The minimum Gasteiger partial charge on any atom is -0.348 e. The van der Waals surface area contributed by atoms with Crippen LogP contribution in [0.2, 0.25) is 0 Å². The number of anilines is 2. The van der Waals surface area contributed by atoms with Crippen molar-refractivity contribution in [3.05, 3.63) is 28.8 Å². The van der Waals surface area contributed by atoms with Gasteiger partial charge in [-0.2, -0.15) is 0 Å². The van der Waals surface area contributed by atoms with Crippen LogP contribution in [0, 0.1) is 0 Å². The van der Waals surface area contributed by atoms with Crippen LogP contribution in [-0.4, -0.2) is 33.6 Å². The van der Waals surface area contributed by atoms with Crippen molar-refractivity contribution in [1.29, 1.82) is 0 Å². The van der Waals surface area contributed by atoms with Gasteiger partial charge in [-0.25, -0.2) is 4.98 Å². The zero-order chi connectivity index (χ0) is 16.5. The molecule has 2 aromatic heterocycles. The van der Waals surface area contributed by atoms with Crippen molar-refractivity contribution >= 4 is 49.8 Å². The van der Waals surface area contributed by atoms with Crippen LogP contribution in [-0.2, 0) is 6.42 Å². The molecule has 24 heavy (non-hydrogen) atoms. The van der Waals surface area contributed by atoms with Gasteiger partial charge in [-0.1, -0.05) is 22.7 Å². The zero-order valence-electron chi connectivity index (χ0n) is 13.3. The first-order valence-corrected chi connectivity index (χ1v) is 9.61. The summed E-state index contributed by atoms with van der Waals surface area (Å²) in [5.74, 6) is -0.148. The minimum absolute atomic E-state index is 0.148. The molecular formula is C16H17N5OS2. The van der Waals surface area contributed by atoms with Crippen LogP contribution in [0.3, 0.4) is 0 Å². The minimum atomic E-state index is -0.148. The Morgan fingerprint density at radius 1 is 1.33 bits per heavy atom. The van der Waals surface area contributed by atoms with Gasteiger partial charge in [0.1, 0.15) is 4.88 Å². The maximum absolute atomic E-state index is 12.4. The Morgan fingerprint density at radius 3 is 2.96 bits per heavy atom. The number of amides is 1. The lowest BCUT2D eigenvalue weighted by atomic mass is 10.2. The number of carbonyl (C=O) groups is 1. The fourth-order valence-corrected chi connectivity index (χ4v) is 4.54. The summed E-state index contributed by atoms with van der Waals surface area (Å²) >= 11 is 2.82. The highest BCUT2D eigenvalue weighted by molar-refractivity contribution is 7.22. The lowest BCUT2D eigenvalue weighted by molar-refractivity contribution is 0.102. The van der Waals surface area contributed by atoms with Gasteiger partial charge in [0, 0.05) is 18.8 Å². The quantitative estimate of drug-likeness (QED) is 0.771. The molecule has 0 spiro atoms. The van der Waals surface area contributed by atoms with E-state index >= 15 is 0 Å². The molecule has 124 valence electrons. The van der Waals surface area contributed by atoms with E-state index in [0.717, 1.165) is 51.4 Å². The number of hydrogen-bond acceptors (Lipinski definition) is 7. The SMILES string of the molecule is CCc1nnsc1C(=O)Nc1ccc2nc(N3CCCC3)sc2c1. The Labute approximate surface area is 147 Å². The Balaban J connectivity index is 1.57. The predicted octanol–water partition coefficient (Wildman–Crippen LogP) is 3.56. The number of hydrogen-bond donors (Lipinski definition) is 1. The summed E-state index contributed by atoms with van der Waals surface area (Å²) in [6.07, 6.45) is 3.17. The number of thiazole rings is 1. The number of aryl methyl sites for hydroxylation is 1. The maximum Gasteiger partial charge on any atom is 0.269 e. The van der Waals surface area contributed by atoms with Crippen molar-refractivity contribution < 1.29 is 4.79 Å². The third-order valence-corrected chi connectivity index (χ3v) is 5.95. The second kappa shape index (κ2) is 6.45. The van der Waals surface area contributed by atoms with Gasteiger partial charge in [0.25, 0.3) is 5.91 Å². The average molecular weight is 359 g/mol. The van der Waals surface area contributed by atoms with E-state index in [0.29, 0.717) is 11.3 Å². The zero-order valence-corrected chi connectivity index (χ0v) is 14.9. The second-order valence-electron chi connectivity index (χ2n) is 5.73. The number of benzene rings is 1. The van der Waals surface area contributed by atoms with Crippen LogP contribution in [0.1, 0.15) is 35.1 Å². The summed E-state index contributed by atoms with van der Waals surface area (Å²) in [4.78, 5) is 20.0. The fraction of sp³-hybridized carbons (Fsp3) is 0.375. The topological polar surface area (TPSA) is 71.0 Å². The number of rotatable bonds is 4. The van der Waals surface area contributed by atoms with Crippen LogP contribution in [0.25, 0.3) is 10.2 Å². The summed E-state index contributed by atoms with van der Waals surface area (Å²) in [6, 6.07) is 5.85. The molecule has 1 saturated heterocycles. The molecule has 1 aromatic carbocycles. The van der Waals surface area contributed by atoms with Crippen LogP contribution in [0.5, 0.6) is 0 Å². The highest BCUT2D eigenvalue weighted by atomic mass is 32.1. The first-order valence-electron chi connectivity index (χ1n) is 8.02. The summed E-state index contributed by atoms with van der Waals surface area (Å²) in [5.41, 5.74) is 2.50. The van der Waals surface area contributed by atoms with Gasteiger partial charge in [-0.15, -0.1) is 5.10 Å². The molecule has 4 rings (SSSR count). The lowest BCUT2D eigenvalue weighted by Gasteiger charge is -2.11. The molecule has 0 bridgehead atoms. The maximum atomic E-state index is 12.4. The van der Waals surface area contributed by atoms with Gasteiger partial charge in [-0.3, -0.25) is 4.79 Å². The van der Waals surface area contributed by atoms with Crippen molar-refractivity contribution in [2.45, 2.75) is 26.2 Å². The molecule has 3 aromatic rings. The summed E-state index contributed by atoms with van der Waals surface area (Å²) < 4.78 is 4.96. The summed E-state index contributed by atoms with van der Waals surface area (Å²) in [7, 11) is 0. The van der Waals surface area contributed by atoms with E-state index < -0.39 is 0 Å². The monoisotopic (exact) mass is 359 g/mol. The molecule has 1 fully saturated rings. The molecule has 3 heterocycles. The van der Waals surface area contributed by atoms with Crippen molar-refractivity contribution in [2.24, 2.45) is 0 Å². The first kappa shape index (κ1) is 15.5. The average Bonchev–Trinajstić information content (AvgIpc) is 3.32. The van der Waals surface area contributed by atoms with Gasteiger partial charge in [0.15, 0.2) is 5.13 Å². The van der Waals surface area contributed by atoms with Crippen molar-refractivity contribution in [2.75, 3.05) is 23.3 Å². The van der Waals surface area contributed by atoms with E-state index in [2.05, 4.69) is 19.8 Å². The standard InChI is InChI=1S/C16H17N5OS2/c1-2-11-14(24-20-19-11)15(22)17-10-5-6-12-13(9-10)23-16(18-12)21-7-3-4-8-21/h5-6,9H,2-4,7-8H2,1H3,(H,17,22). The van der Waals surface area contributed by atoms with Crippen LogP contribution in [0.15, 0.2) is 18.2 Å². The summed E-state index contributed by atoms with van der Waals surface area (Å²) in [6.45, 7) is 4.14. The van der Waals surface area contributed by atoms with E-state index in [1.165, 1.54) is 12.8 Å². The van der Waals surface area contributed by atoms with Crippen LogP contribution < -0.4 is 10.2 Å². The van der Waals surface area contributed by atoms with E-state index in [-0.39, 0.29) is 5.91 Å². The smallest absolute Gasteiger partial charge is 0.269 e. The fourth-order valence-electron chi connectivity index (χ4n) is 2.83. The highest BCUT2D eigenvalue weighted by Crippen LogP contribution is 2.32. The summed E-state index contributed by atoms with van der Waals surface area (Å²) in [5, 5.41) is 8.01. The third-order valence-electron chi connectivity index (χ3n) is 4.11. The lowest BCUT2D eigenvalue weighted by Crippen LogP contribution is -2.16. The molecule has 0 radical (unpaired) electrons. The van der Waals surface area contributed by atoms with Crippen LogP contribution in [0.4, 0.5) is 10.8 Å². The first-order chi connectivity index (χ1) is 11.7. The second-order valence-corrected chi connectivity index (χ2v) is 7.49. The highest BCUT2D eigenvalue weighted by Gasteiger charge is 2.18. The van der Waals surface area contributed by atoms with Crippen LogP contribution >= 0.6 is 22.9 Å². The van der Waals surface area contributed by atoms with Gasteiger partial charge in [0.2, 0.25) is 0 Å². The predicted molar refractivity (Wildman–Crippen MR) is 98.3 cm³/mol. The third kappa shape index (κ3) is 2.87. The number of carbonyl (C=O) groups excluding carboxylic acids is 1. The Kier molecular flexibility index (Phi) is 4.15. The Hall–Kier alpha value is -2.06. The molecule has 0 atom stereocenters. The molecule has 6 nitrogen and oxygen atoms in total. The number of fused-ring (bicyclic) bond motifs is 1. The molecular weight excluding hydrogens is 342 g/mol. The molecule has 0 saturated carbocycles. The van der Waals surface area contributed by atoms with Gasteiger partial charge >= 0.3 is 0 Å². The largest absolute Gasteiger partial charge is 0.348 e. The Bertz CT molecular complexity index is 882. The molecule has 8 heteroatoms. The van der Waals surface area contributed by atoms with E-state index in [4.69, 9.17) is 4.98 Å². The van der Waals surface area contributed by atoms with E-state index in [9.17, 15) is 4.79 Å². The van der Waals surface area contributed by atoms with E-state index in [1.807, 2.05) is 25.1 Å². The normalized spacial score (nSPS) is 14.5. The van der Waals surface area contributed by atoms with E-state index in [1.54, 1.807) is 11.3 Å². The van der Waals surface area contributed by atoms with Crippen molar-refractivity contribution in [1.82, 2.24) is 14.6 Å². The van der Waals surface area contributed by atoms with Gasteiger partial charge in [-0.05, 0) is 49.0 Å². The molecule has 1 aliphatic heterocycles. The van der Waals surface area contributed by atoms with Crippen molar-refractivity contribution in [3.63, 3.8) is 0 Å². The Morgan fingerprint density at radius 2 is 2.17 bits per heavy atom. The van der Waals surface area contributed by atoms with Gasteiger partial charge in [0.05, 0.1) is 15.9 Å². The molecule has 0 unspecified atom stereocenters. The number of aromatic nitrogens is 3. The number of nitrogens with one attached hydrogen (secondary N) is 1. The number of nitrogens with zero attached hydrogens (tertiary/aromatic N) is 4. The van der Waals surface area contributed by atoms with Crippen molar-refractivity contribution in [3.8, 4) is 0 Å². The molecule has 1 aliphatic rings.